The first-order valence-corrected chi connectivity index (χ1v) is 5.02. The standard InChI is InChI=1S/C10H16N2O3/c1-2-3-4-5-11-10(15)12-6-8(7-12)9(13)14/h2-3,8H,4-7H2,1H3,(H,11,15)(H,13,14)/b3-2+. The summed E-state index contributed by atoms with van der Waals surface area (Å²) < 4.78 is 0. The van der Waals surface area contributed by atoms with Crippen LogP contribution in [0.1, 0.15) is 13.3 Å². The second-order valence-electron chi connectivity index (χ2n) is 3.53. The maximum absolute atomic E-state index is 11.4. The van der Waals surface area contributed by atoms with Gasteiger partial charge in [0.15, 0.2) is 0 Å². The number of urea groups is 1. The summed E-state index contributed by atoms with van der Waals surface area (Å²) in [6.45, 7) is 3.17. The summed E-state index contributed by atoms with van der Waals surface area (Å²) in [5, 5.41) is 11.3. The summed E-state index contributed by atoms with van der Waals surface area (Å²) in [4.78, 5) is 23.3. The van der Waals surface area contributed by atoms with Crippen molar-refractivity contribution in [3.63, 3.8) is 0 Å². The zero-order chi connectivity index (χ0) is 11.3. The average molecular weight is 212 g/mol. The largest absolute Gasteiger partial charge is 0.481 e. The summed E-state index contributed by atoms with van der Waals surface area (Å²) in [6, 6.07) is -0.169. The number of carboxylic acid groups (broad SMARTS) is 1. The highest BCUT2D eigenvalue weighted by Crippen LogP contribution is 2.14. The number of amides is 2. The fourth-order valence-electron chi connectivity index (χ4n) is 1.34. The molecule has 0 saturated carbocycles. The minimum Gasteiger partial charge on any atom is -0.481 e. The van der Waals surface area contributed by atoms with Crippen molar-refractivity contribution in [2.75, 3.05) is 19.6 Å². The number of hydrogen-bond donors (Lipinski definition) is 2. The van der Waals surface area contributed by atoms with Gasteiger partial charge >= 0.3 is 12.0 Å². The van der Waals surface area contributed by atoms with E-state index in [1.54, 1.807) is 0 Å². The van der Waals surface area contributed by atoms with Crippen LogP contribution in [-0.2, 0) is 4.79 Å². The summed E-state index contributed by atoms with van der Waals surface area (Å²) >= 11 is 0. The molecule has 2 N–H and O–H groups in total. The molecular weight excluding hydrogens is 196 g/mol. The van der Waals surface area contributed by atoms with Crippen molar-refractivity contribution in [3.8, 4) is 0 Å². The molecule has 1 aliphatic rings. The molecule has 0 aromatic heterocycles. The van der Waals surface area contributed by atoms with E-state index in [0.717, 1.165) is 6.42 Å². The second kappa shape index (κ2) is 5.38. The third kappa shape index (κ3) is 3.27. The Morgan fingerprint density at radius 3 is 2.73 bits per heavy atom. The summed E-state index contributed by atoms with van der Waals surface area (Å²) in [7, 11) is 0. The molecule has 0 aliphatic carbocycles. The van der Waals surface area contributed by atoms with E-state index in [-0.39, 0.29) is 11.9 Å². The molecule has 84 valence electrons. The lowest BCUT2D eigenvalue weighted by Crippen LogP contribution is -2.56. The monoisotopic (exact) mass is 212 g/mol. The van der Waals surface area contributed by atoms with Crippen molar-refractivity contribution in [2.45, 2.75) is 13.3 Å². The molecule has 0 aromatic carbocycles. The third-order valence-corrected chi connectivity index (χ3v) is 2.34. The highest BCUT2D eigenvalue weighted by molar-refractivity contribution is 5.79. The minimum atomic E-state index is -0.826. The molecule has 1 fully saturated rings. The number of likely N-dealkylation sites (tertiary alicyclic amines) is 1. The first-order chi connectivity index (χ1) is 7.15. The van der Waals surface area contributed by atoms with Crippen LogP contribution in [0.15, 0.2) is 12.2 Å². The Morgan fingerprint density at radius 1 is 1.53 bits per heavy atom. The van der Waals surface area contributed by atoms with Crippen LogP contribution in [0.25, 0.3) is 0 Å². The number of nitrogens with zero attached hydrogens (tertiary/aromatic N) is 1. The van der Waals surface area contributed by atoms with Gasteiger partial charge in [-0.25, -0.2) is 4.79 Å². The molecule has 0 bridgehead atoms. The maximum atomic E-state index is 11.4. The van der Waals surface area contributed by atoms with Crippen molar-refractivity contribution in [1.29, 1.82) is 0 Å². The lowest BCUT2D eigenvalue weighted by atomic mass is 10.0. The Kier molecular flexibility index (Phi) is 4.15. The maximum Gasteiger partial charge on any atom is 0.317 e. The smallest absolute Gasteiger partial charge is 0.317 e. The van der Waals surface area contributed by atoms with E-state index in [1.165, 1.54) is 4.90 Å². The van der Waals surface area contributed by atoms with E-state index in [1.807, 2.05) is 19.1 Å². The lowest BCUT2D eigenvalue weighted by Gasteiger charge is -2.36. The molecule has 0 radical (unpaired) electrons. The molecule has 0 aromatic rings. The molecular formula is C10H16N2O3. The molecule has 0 unspecified atom stereocenters. The van der Waals surface area contributed by atoms with Gasteiger partial charge in [-0.3, -0.25) is 4.79 Å². The Morgan fingerprint density at radius 2 is 2.20 bits per heavy atom. The lowest BCUT2D eigenvalue weighted by molar-refractivity contribution is -0.146. The second-order valence-corrected chi connectivity index (χ2v) is 3.53. The number of rotatable bonds is 4. The van der Waals surface area contributed by atoms with E-state index >= 15 is 0 Å². The van der Waals surface area contributed by atoms with Gasteiger partial charge < -0.3 is 15.3 Å². The van der Waals surface area contributed by atoms with Gasteiger partial charge in [-0.15, -0.1) is 0 Å². The Labute approximate surface area is 88.8 Å². The topological polar surface area (TPSA) is 69.6 Å². The summed E-state index contributed by atoms with van der Waals surface area (Å²) in [6.07, 6.45) is 4.70. The van der Waals surface area contributed by atoms with Gasteiger partial charge in [0.1, 0.15) is 0 Å². The zero-order valence-electron chi connectivity index (χ0n) is 8.77. The van der Waals surface area contributed by atoms with Crippen molar-refractivity contribution in [3.05, 3.63) is 12.2 Å². The van der Waals surface area contributed by atoms with Crippen LogP contribution in [0, 0.1) is 5.92 Å². The first kappa shape index (κ1) is 11.6. The third-order valence-electron chi connectivity index (χ3n) is 2.34. The quantitative estimate of drug-likeness (QED) is 0.531. The number of allylic oxidation sites excluding steroid dienone is 1. The van der Waals surface area contributed by atoms with Gasteiger partial charge in [0, 0.05) is 19.6 Å². The SMILES string of the molecule is C/C=C/CCNC(=O)N1CC(C(=O)O)C1. The number of carbonyl (C=O) groups excluding carboxylic acids is 1. The number of hydrogen-bond acceptors (Lipinski definition) is 2. The van der Waals surface area contributed by atoms with Crippen LogP contribution >= 0.6 is 0 Å². The molecule has 1 saturated heterocycles. The number of carbonyl (C=O) groups is 2. The molecule has 0 atom stereocenters. The van der Waals surface area contributed by atoms with Crippen molar-refractivity contribution < 1.29 is 14.7 Å². The Hall–Kier alpha value is -1.52. The van der Waals surface area contributed by atoms with Crippen LogP contribution in [0.4, 0.5) is 4.79 Å². The van der Waals surface area contributed by atoms with Crippen LogP contribution in [-0.4, -0.2) is 41.6 Å². The molecule has 1 rings (SSSR count). The minimum absolute atomic E-state index is 0.169. The number of carboxylic acids is 1. The van der Waals surface area contributed by atoms with E-state index in [9.17, 15) is 9.59 Å². The fourth-order valence-corrected chi connectivity index (χ4v) is 1.34. The van der Waals surface area contributed by atoms with E-state index < -0.39 is 5.97 Å². The van der Waals surface area contributed by atoms with Gasteiger partial charge in [0.25, 0.3) is 0 Å². The molecule has 0 spiro atoms. The van der Waals surface area contributed by atoms with Crippen molar-refractivity contribution in [1.82, 2.24) is 10.2 Å². The molecule has 5 nitrogen and oxygen atoms in total. The van der Waals surface area contributed by atoms with Crippen molar-refractivity contribution >= 4 is 12.0 Å². The Balaban J connectivity index is 2.13. The van der Waals surface area contributed by atoms with Gasteiger partial charge in [-0.05, 0) is 13.3 Å². The van der Waals surface area contributed by atoms with Gasteiger partial charge in [-0.2, -0.15) is 0 Å². The molecule has 2 amide bonds. The molecule has 1 aliphatic heterocycles. The summed E-state index contributed by atoms with van der Waals surface area (Å²) in [5.74, 6) is -1.21. The van der Waals surface area contributed by atoms with Crippen LogP contribution in [0.2, 0.25) is 0 Å². The van der Waals surface area contributed by atoms with Gasteiger partial charge in [-0.1, -0.05) is 12.2 Å². The van der Waals surface area contributed by atoms with E-state index in [4.69, 9.17) is 5.11 Å². The van der Waals surface area contributed by atoms with Gasteiger partial charge in [0.2, 0.25) is 0 Å². The van der Waals surface area contributed by atoms with Crippen LogP contribution in [0.3, 0.4) is 0 Å². The Bertz CT molecular complexity index is 270. The highest BCUT2D eigenvalue weighted by Gasteiger charge is 2.35. The normalized spacial score (nSPS) is 16.5. The predicted octanol–water partition coefficient (Wildman–Crippen LogP) is 0.679. The number of nitrogens with one attached hydrogen (secondary N) is 1. The van der Waals surface area contributed by atoms with E-state index in [2.05, 4.69) is 5.32 Å². The molecule has 15 heavy (non-hydrogen) atoms. The molecule has 1 heterocycles. The predicted molar refractivity (Wildman–Crippen MR) is 55.5 cm³/mol. The van der Waals surface area contributed by atoms with Crippen LogP contribution in [0.5, 0.6) is 0 Å². The van der Waals surface area contributed by atoms with E-state index in [0.29, 0.717) is 19.6 Å². The number of aliphatic carboxylic acids is 1. The highest BCUT2D eigenvalue weighted by atomic mass is 16.4. The van der Waals surface area contributed by atoms with Crippen molar-refractivity contribution in [2.24, 2.45) is 5.92 Å². The fraction of sp³-hybridized carbons (Fsp3) is 0.600. The summed E-state index contributed by atoms with van der Waals surface area (Å²) in [5.41, 5.74) is 0. The average Bonchev–Trinajstić information content (AvgIpc) is 2.09. The first-order valence-electron chi connectivity index (χ1n) is 5.02. The van der Waals surface area contributed by atoms with Gasteiger partial charge in [0.05, 0.1) is 5.92 Å². The van der Waals surface area contributed by atoms with Crippen LogP contribution < -0.4 is 5.32 Å². The molecule has 5 heteroatoms. The zero-order valence-corrected chi connectivity index (χ0v) is 8.77.